The lowest BCUT2D eigenvalue weighted by Crippen LogP contribution is -2.50. The number of amides is 2. The fourth-order valence-corrected chi connectivity index (χ4v) is 3.38. The molecule has 7 heteroatoms. The Kier molecular flexibility index (Phi) is 7.41. The number of hydrogen-bond donors (Lipinski definition) is 1. The van der Waals surface area contributed by atoms with Crippen LogP contribution in [0.3, 0.4) is 0 Å². The molecular formula is C23H28FN3O3. The van der Waals surface area contributed by atoms with Gasteiger partial charge in [-0.3, -0.25) is 9.59 Å². The third kappa shape index (κ3) is 5.79. The molecule has 1 aliphatic rings. The van der Waals surface area contributed by atoms with Crippen molar-refractivity contribution < 1.29 is 18.7 Å². The summed E-state index contributed by atoms with van der Waals surface area (Å²) < 4.78 is 19.2. The highest BCUT2D eigenvalue weighted by molar-refractivity contribution is 5.91. The van der Waals surface area contributed by atoms with Gasteiger partial charge in [-0.05, 0) is 35.7 Å². The third-order valence-corrected chi connectivity index (χ3v) is 5.15. The zero-order valence-corrected chi connectivity index (χ0v) is 17.4. The zero-order chi connectivity index (χ0) is 21.5. The largest absolute Gasteiger partial charge is 0.366 e. The number of nitrogens with zero attached hydrogens (tertiary/aromatic N) is 2. The molecule has 1 saturated heterocycles. The fraction of sp³-hybridized carbons (Fsp3) is 0.391. The van der Waals surface area contributed by atoms with Gasteiger partial charge in [0.05, 0.1) is 5.69 Å². The number of nitrogens with one attached hydrogen (secondary N) is 1. The molecule has 3 rings (SSSR count). The Hall–Kier alpha value is -2.93. The van der Waals surface area contributed by atoms with Crippen LogP contribution in [0, 0.1) is 5.82 Å². The molecule has 1 heterocycles. The lowest BCUT2D eigenvalue weighted by Gasteiger charge is -2.36. The summed E-state index contributed by atoms with van der Waals surface area (Å²) in [4.78, 5) is 28.0. The van der Waals surface area contributed by atoms with E-state index >= 15 is 0 Å². The minimum Gasteiger partial charge on any atom is -0.366 e. The summed E-state index contributed by atoms with van der Waals surface area (Å²) in [5.74, 6) is -0.301. The molecule has 2 aromatic carbocycles. The fourth-order valence-electron chi connectivity index (χ4n) is 3.38. The topological polar surface area (TPSA) is 61.9 Å². The number of carbonyl (C=O) groups is 2. The minimum absolute atomic E-state index is 0.153. The smallest absolute Gasteiger partial charge is 0.250 e. The van der Waals surface area contributed by atoms with Gasteiger partial charge < -0.3 is 19.9 Å². The second-order valence-electron chi connectivity index (χ2n) is 7.64. The van der Waals surface area contributed by atoms with Crippen molar-refractivity contribution in [2.24, 2.45) is 0 Å². The van der Waals surface area contributed by atoms with E-state index in [1.807, 2.05) is 29.2 Å². The maximum absolute atomic E-state index is 13.9. The van der Waals surface area contributed by atoms with Crippen LogP contribution in [0.2, 0.25) is 0 Å². The normalized spacial score (nSPS) is 14.1. The number of carbonyl (C=O) groups excluding carboxylic acids is 2. The average Bonchev–Trinajstić information content (AvgIpc) is 2.74. The number of hydrogen-bond acceptors (Lipinski definition) is 4. The molecule has 6 nitrogen and oxygen atoms in total. The van der Waals surface area contributed by atoms with Crippen LogP contribution in [-0.2, 0) is 14.3 Å². The first-order chi connectivity index (χ1) is 14.4. The molecule has 0 saturated carbocycles. The summed E-state index contributed by atoms with van der Waals surface area (Å²) >= 11 is 0. The molecule has 160 valence electrons. The number of para-hydroxylation sites is 1. The van der Waals surface area contributed by atoms with Gasteiger partial charge in [0.1, 0.15) is 19.0 Å². The third-order valence-electron chi connectivity index (χ3n) is 5.15. The van der Waals surface area contributed by atoms with Crippen molar-refractivity contribution in [3.8, 4) is 0 Å². The van der Waals surface area contributed by atoms with Crippen LogP contribution >= 0.6 is 0 Å². The van der Waals surface area contributed by atoms with E-state index in [0.717, 1.165) is 0 Å². The van der Waals surface area contributed by atoms with Gasteiger partial charge >= 0.3 is 0 Å². The van der Waals surface area contributed by atoms with Crippen molar-refractivity contribution >= 4 is 23.2 Å². The van der Waals surface area contributed by atoms with E-state index in [4.69, 9.17) is 4.74 Å². The van der Waals surface area contributed by atoms with E-state index in [1.165, 1.54) is 11.6 Å². The molecule has 1 fully saturated rings. The highest BCUT2D eigenvalue weighted by atomic mass is 19.1. The van der Waals surface area contributed by atoms with Crippen LogP contribution in [-0.4, -0.2) is 56.1 Å². The molecule has 0 bridgehead atoms. The Labute approximate surface area is 176 Å². The summed E-state index contributed by atoms with van der Waals surface area (Å²) in [6.45, 7) is 5.97. The van der Waals surface area contributed by atoms with E-state index in [0.29, 0.717) is 43.5 Å². The van der Waals surface area contributed by atoms with Crippen LogP contribution in [0.5, 0.6) is 0 Å². The van der Waals surface area contributed by atoms with Gasteiger partial charge in [0.2, 0.25) is 11.8 Å². The maximum Gasteiger partial charge on any atom is 0.250 e. The Bertz CT molecular complexity index is 862. The molecule has 30 heavy (non-hydrogen) atoms. The van der Waals surface area contributed by atoms with Gasteiger partial charge in [0.15, 0.2) is 0 Å². The van der Waals surface area contributed by atoms with Gasteiger partial charge in [-0.15, -0.1) is 0 Å². The predicted molar refractivity (Wildman–Crippen MR) is 115 cm³/mol. The number of ether oxygens (including phenoxy) is 1. The summed E-state index contributed by atoms with van der Waals surface area (Å²) in [5.41, 5.74) is 2.45. The maximum atomic E-state index is 13.9. The van der Waals surface area contributed by atoms with Crippen LogP contribution in [0.25, 0.3) is 0 Å². The van der Waals surface area contributed by atoms with Gasteiger partial charge in [-0.25, -0.2) is 4.39 Å². The van der Waals surface area contributed by atoms with Crippen LogP contribution in [0.15, 0.2) is 48.5 Å². The summed E-state index contributed by atoms with van der Waals surface area (Å²) in [6, 6.07) is 14.3. The Balaban J connectivity index is 1.37. The lowest BCUT2D eigenvalue weighted by atomic mass is 10.0. The summed E-state index contributed by atoms with van der Waals surface area (Å²) in [5, 5.41) is 2.76. The molecule has 0 spiro atoms. The Morgan fingerprint density at radius 3 is 2.30 bits per heavy atom. The van der Waals surface area contributed by atoms with E-state index in [9.17, 15) is 14.0 Å². The Morgan fingerprint density at radius 1 is 1.00 bits per heavy atom. The summed E-state index contributed by atoms with van der Waals surface area (Å²) in [7, 11) is 0. The zero-order valence-electron chi connectivity index (χ0n) is 17.4. The van der Waals surface area contributed by atoms with E-state index in [2.05, 4.69) is 19.2 Å². The van der Waals surface area contributed by atoms with Gasteiger partial charge in [0, 0.05) is 31.9 Å². The van der Waals surface area contributed by atoms with Crippen molar-refractivity contribution in [2.45, 2.75) is 19.8 Å². The van der Waals surface area contributed by atoms with E-state index in [1.54, 1.807) is 23.1 Å². The van der Waals surface area contributed by atoms with E-state index in [-0.39, 0.29) is 30.8 Å². The molecule has 2 amide bonds. The second-order valence-corrected chi connectivity index (χ2v) is 7.64. The molecule has 0 unspecified atom stereocenters. The first kappa shape index (κ1) is 21.8. The van der Waals surface area contributed by atoms with Gasteiger partial charge in [-0.2, -0.15) is 0 Å². The monoisotopic (exact) mass is 413 g/mol. The molecule has 2 aromatic rings. The van der Waals surface area contributed by atoms with Crippen molar-refractivity contribution in [2.75, 3.05) is 49.6 Å². The highest BCUT2D eigenvalue weighted by Gasteiger charge is 2.22. The van der Waals surface area contributed by atoms with Crippen molar-refractivity contribution in [3.63, 3.8) is 0 Å². The SMILES string of the molecule is CC(C)c1ccc(NC(=O)COCC(=O)N2CCN(c3ccccc3F)CC2)cc1. The standard InChI is InChI=1S/C23H28FN3O3/c1-17(2)18-7-9-19(10-8-18)25-22(28)15-30-16-23(29)27-13-11-26(12-14-27)21-6-4-3-5-20(21)24/h3-10,17H,11-16H2,1-2H3,(H,25,28). The van der Waals surface area contributed by atoms with E-state index < -0.39 is 0 Å². The number of anilines is 2. The quantitative estimate of drug-likeness (QED) is 0.757. The molecule has 1 aliphatic heterocycles. The van der Waals surface area contributed by atoms with Crippen LogP contribution in [0.1, 0.15) is 25.3 Å². The predicted octanol–water partition coefficient (Wildman–Crippen LogP) is 3.25. The van der Waals surface area contributed by atoms with Crippen molar-refractivity contribution in [1.29, 1.82) is 0 Å². The molecular weight excluding hydrogens is 385 g/mol. The Morgan fingerprint density at radius 2 is 1.67 bits per heavy atom. The minimum atomic E-state index is -0.301. The van der Waals surface area contributed by atoms with Crippen molar-refractivity contribution in [1.82, 2.24) is 4.90 Å². The average molecular weight is 413 g/mol. The number of rotatable bonds is 7. The molecule has 0 radical (unpaired) electrons. The summed E-state index contributed by atoms with van der Waals surface area (Å²) in [6.07, 6.45) is 0. The second kappa shape index (κ2) is 10.2. The first-order valence-electron chi connectivity index (χ1n) is 10.2. The molecule has 0 aliphatic carbocycles. The molecule has 0 aromatic heterocycles. The van der Waals surface area contributed by atoms with Crippen LogP contribution < -0.4 is 10.2 Å². The highest BCUT2D eigenvalue weighted by Crippen LogP contribution is 2.20. The molecule has 1 N–H and O–H groups in total. The number of halogens is 1. The van der Waals surface area contributed by atoms with Crippen LogP contribution in [0.4, 0.5) is 15.8 Å². The van der Waals surface area contributed by atoms with Gasteiger partial charge in [-0.1, -0.05) is 38.1 Å². The number of piperazine rings is 1. The molecule has 0 atom stereocenters. The lowest BCUT2D eigenvalue weighted by molar-refractivity contribution is -0.137. The number of benzene rings is 2. The van der Waals surface area contributed by atoms with Gasteiger partial charge in [0.25, 0.3) is 0 Å². The first-order valence-corrected chi connectivity index (χ1v) is 10.2. The van der Waals surface area contributed by atoms with Crippen molar-refractivity contribution in [3.05, 3.63) is 59.9 Å².